The van der Waals surface area contributed by atoms with Crippen molar-refractivity contribution in [2.45, 2.75) is 24.4 Å². The molecule has 0 bridgehead atoms. The highest BCUT2D eigenvalue weighted by atomic mass is 32.2. The number of aliphatic carboxylic acids is 1. The molecule has 0 atom stereocenters. The van der Waals surface area contributed by atoms with Crippen LogP contribution in [0.3, 0.4) is 0 Å². The Morgan fingerprint density at radius 2 is 2.45 bits per heavy atom. The van der Waals surface area contributed by atoms with Gasteiger partial charge in [0.05, 0.1) is 0 Å². The normalized spacial score (nSPS) is 11.2. The summed E-state index contributed by atoms with van der Waals surface area (Å²) in [7, 11) is 0. The van der Waals surface area contributed by atoms with Crippen LogP contribution < -0.4 is 5.69 Å². The Hall–Kier alpha value is -1.80. The van der Waals surface area contributed by atoms with Gasteiger partial charge in [-0.15, -0.1) is 16.4 Å². The van der Waals surface area contributed by atoms with Crippen LogP contribution >= 0.6 is 23.1 Å². The first-order valence-electron chi connectivity index (χ1n) is 5.86. The Balaban J connectivity index is 2.01. The van der Waals surface area contributed by atoms with E-state index in [0.29, 0.717) is 17.5 Å². The third-order valence-electron chi connectivity index (χ3n) is 2.48. The van der Waals surface area contributed by atoms with E-state index >= 15 is 0 Å². The highest BCUT2D eigenvalue weighted by molar-refractivity contribution is 7.98. The van der Waals surface area contributed by atoms with E-state index < -0.39 is 5.97 Å². The number of thioether (sulfide) groups is 1. The van der Waals surface area contributed by atoms with Gasteiger partial charge in [0, 0.05) is 23.3 Å². The molecule has 6 nitrogen and oxygen atoms in total. The van der Waals surface area contributed by atoms with Crippen molar-refractivity contribution in [3.05, 3.63) is 38.4 Å². The molecule has 0 saturated heterocycles. The smallest absolute Gasteiger partial charge is 0.343 e. The largest absolute Gasteiger partial charge is 0.478 e. The van der Waals surface area contributed by atoms with Gasteiger partial charge in [0.15, 0.2) is 5.16 Å². The Morgan fingerprint density at radius 3 is 3.15 bits per heavy atom. The molecule has 2 rings (SSSR count). The van der Waals surface area contributed by atoms with E-state index in [1.54, 1.807) is 22.0 Å². The monoisotopic (exact) mass is 311 g/mol. The summed E-state index contributed by atoms with van der Waals surface area (Å²) in [5.41, 5.74) is 0.661. The quantitative estimate of drug-likeness (QED) is 0.629. The molecule has 8 heteroatoms. The third-order valence-corrected chi connectivity index (χ3v) is 4.64. The summed E-state index contributed by atoms with van der Waals surface area (Å²) in [6.45, 7) is 2.47. The molecule has 0 saturated carbocycles. The molecule has 2 N–H and O–H groups in total. The summed E-state index contributed by atoms with van der Waals surface area (Å²) < 4.78 is 1.57. The van der Waals surface area contributed by atoms with Crippen LogP contribution in [0.5, 0.6) is 0 Å². The fourth-order valence-electron chi connectivity index (χ4n) is 1.56. The second kappa shape index (κ2) is 6.58. The zero-order chi connectivity index (χ0) is 14.5. The maximum absolute atomic E-state index is 11.4. The number of hydrogen-bond acceptors (Lipinski definition) is 5. The minimum Gasteiger partial charge on any atom is -0.478 e. The average Bonchev–Trinajstić information content (AvgIpc) is 3.00. The van der Waals surface area contributed by atoms with E-state index in [9.17, 15) is 9.59 Å². The van der Waals surface area contributed by atoms with E-state index in [2.05, 4.69) is 10.2 Å². The molecule has 0 aliphatic rings. The summed E-state index contributed by atoms with van der Waals surface area (Å²) in [6, 6.07) is 1.93. The Labute approximate surface area is 123 Å². The van der Waals surface area contributed by atoms with Crippen molar-refractivity contribution >= 4 is 35.1 Å². The van der Waals surface area contributed by atoms with Crippen molar-refractivity contribution in [3.8, 4) is 0 Å². The number of carboxylic acids is 1. The van der Waals surface area contributed by atoms with Crippen LogP contribution in [-0.4, -0.2) is 25.8 Å². The van der Waals surface area contributed by atoms with Gasteiger partial charge in [-0.2, -0.15) is 0 Å². The zero-order valence-corrected chi connectivity index (χ0v) is 12.3. The maximum Gasteiger partial charge on any atom is 0.343 e. The SMILES string of the molecule is CCn1c(SCc2cc(C=CC(=O)O)cs2)n[nH]c1=O. The molecule has 2 heterocycles. The molecule has 0 spiro atoms. The Kier molecular flexibility index (Phi) is 4.80. The van der Waals surface area contributed by atoms with Crippen molar-refractivity contribution in [2.75, 3.05) is 0 Å². The fraction of sp³-hybridized carbons (Fsp3) is 0.250. The summed E-state index contributed by atoms with van der Waals surface area (Å²) >= 11 is 3.02. The molecule has 0 aromatic carbocycles. The molecule has 0 aliphatic heterocycles. The summed E-state index contributed by atoms with van der Waals surface area (Å²) in [4.78, 5) is 22.9. The highest BCUT2D eigenvalue weighted by Crippen LogP contribution is 2.25. The second-order valence-electron chi connectivity index (χ2n) is 3.86. The van der Waals surface area contributed by atoms with Crippen molar-refractivity contribution in [3.63, 3.8) is 0 Å². The summed E-state index contributed by atoms with van der Waals surface area (Å²) in [5, 5.41) is 17.5. The third kappa shape index (κ3) is 3.61. The predicted octanol–water partition coefficient (Wildman–Crippen LogP) is 2.04. The van der Waals surface area contributed by atoms with Gasteiger partial charge in [0.25, 0.3) is 0 Å². The average molecular weight is 311 g/mol. The van der Waals surface area contributed by atoms with Crippen LogP contribution in [0.1, 0.15) is 17.4 Å². The predicted molar refractivity (Wildman–Crippen MR) is 79.1 cm³/mol. The van der Waals surface area contributed by atoms with Gasteiger partial charge in [-0.25, -0.2) is 14.7 Å². The number of H-pyrrole nitrogens is 1. The highest BCUT2D eigenvalue weighted by Gasteiger charge is 2.08. The molecule has 0 fully saturated rings. The van der Waals surface area contributed by atoms with Gasteiger partial charge in [-0.1, -0.05) is 11.8 Å². The van der Waals surface area contributed by atoms with Crippen molar-refractivity contribution in [2.24, 2.45) is 0 Å². The van der Waals surface area contributed by atoms with E-state index in [4.69, 9.17) is 5.11 Å². The van der Waals surface area contributed by atoms with Gasteiger partial charge in [0.1, 0.15) is 0 Å². The molecule has 0 unspecified atom stereocenters. The maximum atomic E-state index is 11.4. The molecule has 2 aromatic heterocycles. The van der Waals surface area contributed by atoms with Crippen LogP contribution in [-0.2, 0) is 17.1 Å². The first-order chi connectivity index (χ1) is 9.60. The topological polar surface area (TPSA) is 88.0 Å². The lowest BCUT2D eigenvalue weighted by Crippen LogP contribution is -2.16. The summed E-state index contributed by atoms with van der Waals surface area (Å²) in [6.07, 6.45) is 2.67. The number of nitrogens with one attached hydrogen (secondary N) is 1. The minimum absolute atomic E-state index is 0.203. The van der Waals surface area contributed by atoms with E-state index in [0.717, 1.165) is 16.5 Å². The van der Waals surface area contributed by atoms with Crippen LogP contribution in [0.4, 0.5) is 0 Å². The molecule has 0 amide bonds. The fourth-order valence-corrected chi connectivity index (χ4v) is 3.48. The number of carboxylic acid groups (broad SMARTS) is 1. The van der Waals surface area contributed by atoms with Crippen LogP contribution in [0.15, 0.2) is 27.5 Å². The first kappa shape index (κ1) is 14.6. The molecule has 2 aromatic rings. The van der Waals surface area contributed by atoms with Gasteiger partial charge in [-0.3, -0.25) is 4.57 Å². The zero-order valence-electron chi connectivity index (χ0n) is 10.7. The second-order valence-corrected chi connectivity index (χ2v) is 5.80. The van der Waals surface area contributed by atoms with Crippen molar-refractivity contribution in [1.29, 1.82) is 0 Å². The lowest BCUT2D eigenvalue weighted by Gasteiger charge is -2.00. The number of aromatic nitrogens is 3. The Morgan fingerprint density at radius 1 is 1.65 bits per heavy atom. The standard InChI is InChI=1S/C12H13N3O3S2/c1-2-15-11(18)13-14-12(15)20-7-9-5-8(6-19-9)3-4-10(16)17/h3-6H,2,7H2,1H3,(H,13,18)(H,16,17). The first-order valence-corrected chi connectivity index (χ1v) is 7.73. The van der Waals surface area contributed by atoms with Crippen molar-refractivity contribution < 1.29 is 9.90 Å². The van der Waals surface area contributed by atoms with Gasteiger partial charge in [-0.05, 0) is 30.0 Å². The van der Waals surface area contributed by atoms with E-state index in [1.165, 1.54) is 11.8 Å². The Bertz CT molecular complexity index is 684. The molecule has 0 radical (unpaired) electrons. The lowest BCUT2D eigenvalue weighted by atomic mass is 10.3. The number of nitrogens with zero attached hydrogens (tertiary/aromatic N) is 2. The van der Waals surface area contributed by atoms with E-state index in [-0.39, 0.29) is 5.69 Å². The molecular weight excluding hydrogens is 298 g/mol. The number of rotatable bonds is 6. The van der Waals surface area contributed by atoms with Gasteiger partial charge >= 0.3 is 11.7 Å². The number of aromatic amines is 1. The molecule has 106 valence electrons. The van der Waals surface area contributed by atoms with Gasteiger partial charge < -0.3 is 5.11 Å². The number of thiophene rings is 1. The molecule has 0 aliphatic carbocycles. The van der Waals surface area contributed by atoms with Gasteiger partial charge in [0.2, 0.25) is 0 Å². The molecular formula is C12H13N3O3S2. The number of carbonyl (C=O) groups is 1. The molecule has 20 heavy (non-hydrogen) atoms. The van der Waals surface area contributed by atoms with Crippen molar-refractivity contribution in [1.82, 2.24) is 14.8 Å². The van der Waals surface area contributed by atoms with Crippen LogP contribution in [0.2, 0.25) is 0 Å². The minimum atomic E-state index is -0.962. The van der Waals surface area contributed by atoms with Crippen LogP contribution in [0.25, 0.3) is 6.08 Å². The summed E-state index contributed by atoms with van der Waals surface area (Å²) in [5.74, 6) is -0.272. The lowest BCUT2D eigenvalue weighted by molar-refractivity contribution is -0.131. The van der Waals surface area contributed by atoms with Crippen LogP contribution in [0, 0.1) is 0 Å². The van der Waals surface area contributed by atoms with E-state index in [1.807, 2.05) is 18.4 Å². The number of hydrogen-bond donors (Lipinski definition) is 2.